The monoisotopic (exact) mass is 335 g/mol. The second kappa shape index (κ2) is 6.09. The number of aromatic nitrogens is 2. The number of rotatable bonds is 4. The lowest BCUT2D eigenvalue weighted by molar-refractivity contribution is 0.465. The fraction of sp³-hybridized carbons (Fsp3) is 0.471. The van der Waals surface area contributed by atoms with E-state index in [2.05, 4.69) is 25.9 Å². The normalized spacial score (nSPS) is 12.8. The first-order valence-corrected chi connectivity index (χ1v) is 9.02. The highest BCUT2D eigenvalue weighted by atomic mass is 32.2. The molecule has 23 heavy (non-hydrogen) atoms. The summed E-state index contributed by atoms with van der Waals surface area (Å²) in [5.74, 6) is 0. The quantitative estimate of drug-likeness (QED) is 0.863. The predicted octanol–water partition coefficient (Wildman–Crippen LogP) is 2.85. The zero-order chi connectivity index (χ0) is 17.4. The summed E-state index contributed by atoms with van der Waals surface area (Å²) in [5, 5.41) is 4.16. The van der Waals surface area contributed by atoms with E-state index in [1.807, 2.05) is 26.1 Å². The summed E-state index contributed by atoms with van der Waals surface area (Å²) in [4.78, 5) is 0.314. The van der Waals surface area contributed by atoms with Gasteiger partial charge in [0.15, 0.2) is 0 Å². The van der Waals surface area contributed by atoms with E-state index in [1.54, 1.807) is 30.1 Å². The van der Waals surface area contributed by atoms with Crippen molar-refractivity contribution < 1.29 is 8.42 Å². The minimum atomic E-state index is -3.51. The molecule has 0 saturated heterocycles. The molecule has 0 radical (unpaired) electrons. The molecule has 0 fully saturated rings. The number of hydrogen-bond donors (Lipinski definition) is 0. The van der Waals surface area contributed by atoms with Gasteiger partial charge in [0.2, 0.25) is 10.0 Å². The first kappa shape index (κ1) is 17.7. The van der Waals surface area contributed by atoms with Gasteiger partial charge < -0.3 is 0 Å². The first-order valence-electron chi connectivity index (χ1n) is 7.58. The molecular formula is C17H25N3O2S. The van der Waals surface area contributed by atoms with Crippen molar-refractivity contribution in [2.45, 2.75) is 44.6 Å². The van der Waals surface area contributed by atoms with Crippen LogP contribution >= 0.6 is 0 Å². The lowest BCUT2D eigenvalue weighted by Crippen LogP contribution is -2.26. The Morgan fingerprint density at radius 3 is 2.17 bits per heavy atom. The van der Waals surface area contributed by atoms with E-state index < -0.39 is 10.0 Å². The Morgan fingerprint density at radius 2 is 1.74 bits per heavy atom. The molecule has 0 atom stereocenters. The summed E-state index contributed by atoms with van der Waals surface area (Å²) in [5.41, 5.74) is 2.99. The van der Waals surface area contributed by atoms with E-state index in [4.69, 9.17) is 0 Å². The van der Waals surface area contributed by atoms with Crippen LogP contribution in [-0.2, 0) is 29.0 Å². The topological polar surface area (TPSA) is 55.2 Å². The van der Waals surface area contributed by atoms with Crippen molar-refractivity contribution in [1.29, 1.82) is 0 Å². The van der Waals surface area contributed by atoms with E-state index in [0.717, 1.165) is 16.8 Å². The molecule has 0 saturated carbocycles. The van der Waals surface area contributed by atoms with Gasteiger partial charge in [-0.25, -0.2) is 8.42 Å². The van der Waals surface area contributed by atoms with Crippen LogP contribution < -0.4 is 0 Å². The van der Waals surface area contributed by atoms with E-state index in [9.17, 15) is 8.42 Å². The second-order valence-corrected chi connectivity index (χ2v) is 8.96. The molecule has 0 spiro atoms. The van der Waals surface area contributed by atoms with Crippen molar-refractivity contribution in [3.05, 3.63) is 47.3 Å². The van der Waals surface area contributed by atoms with Gasteiger partial charge in [-0.05, 0) is 30.0 Å². The molecule has 0 aliphatic heterocycles. The third-order valence-electron chi connectivity index (χ3n) is 4.16. The maximum absolute atomic E-state index is 12.7. The van der Waals surface area contributed by atoms with Crippen molar-refractivity contribution in [2.24, 2.45) is 7.05 Å². The standard InChI is InChI=1S/C17H25N3O2S/c1-13-14(11-18-20(13)6)12-19(5)23(21,22)16-9-7-15(8-10-16)17(2,3)4/h7-11H,12H2,1-6H3. The molecule has 0 aliphatic carbocycles. The molecule has 1 heterocycles. The van der Waals surface area contributed by atoms with Crippen LogP contribution in [0.4, 0.5) is 0 Å². The van der Waals surface area contributed by atoms with Gasteiger partial charge in [0.05, 0.1) is 11.1 Å². The predicted molar refractivity (Wildman–Crippen MR) is 91.7 cm³/mol. The largest absolute Gasteiger partial charge is 0.273 e. The van der Waals surface area contributed by atoms with Crippen molar-refractivity contribution in [3.63, 3.8) is 0 Å². The van der Waals surface area contributed by atoms with Gasteiger partial charge in [-0.3, -0.25) is 4.68 Å². The highest BCUT2D eigenvalue weighted by Gasteiger charge is 2.23. The van der Waals surface area contributed by atoms with Gasteiger partial charge in [-0.2, -0.15) is 9.40 Å². The maximum Gasteiger partial charge on any atom is 0.243 e. The Hall–Kier alpha value is -1.66. The lowest BCUT2D eigenvalue weighted by Gasteiger charge is -2.21. The molecule has 0 amide bonds. The van der Waals surface area contributed by atoms with E-state index in [-0.39, 0.29) is 5.41 Å². The van der Waals surface area contributed by atoms with Gasteiger partial charge in [0.1, 0.15) is 0 Å². The number of sulfonamides is 1. The van der Waals surface area contributed by atoms with Gasteiger partial charge in [0.25, 0.3) is 0 Å². The Kier molecular flexibility index (Phi) is 4.69. The average molecular weight is 335 g/mol. The molecule has 1 aromatic heterocycles. The summed E-state index contributed by atoms with van der Waals surface area (Å²) in [7, 11) is -0.0682. The molecular weight excluding hydrogens is 310 g/mol. The SMILES string of the molecule is Cc1c(CN(C)S(=O)(=O)c2ccc(C(C)(C)C)cc2)cnn1C. The summed E-state index contributed by atoms with van der Waals surface area (Å²) in [6.07, 6.45) is 1.71. The zero-order valence-corrected chi connectivity index (χ0v) is 15.5. The highest BCUT2D eigenvalue weighted by Crippen LogP contribution is 2.25. The molecule has 126 valence electrons. The Bertz CT molecular complexity index is 784. The lowest BCUT2D eigenvalue weighted by atomic mass is 9.87. The van der Waals surface area contributed by atoms with Gasteiger partial charge in [0, 0.05) is 31.9 Å². The van der Waals surface area contributed by atoms with Crippen molar-refractivity contribution >= 4 is 10.0 Å². The maximum atomic E-state index is 12.7. The van der Waals surface area contributed by atoms with Crippen LogP contribution in [0.1, 0.15) is 37.6 Å². The molecule has 5 nitrogen and oxygen atoms in total. The summed E-state index contributed by atoms with van der Waals surface area (Å²) in [6, 6.07) is 7.14. The average Bonchev–Trinajstić information content (AvgIpc) is 2.78. The third-order valence-corrected chi connectivity index (χ3v) is 5.98. The van der Waals surface area contributed by atoms with E-state index >= 15 is 0 Å². The minimum absolute atomic E-state index is 0.00101. The Morgan fingerprint density at radius 1 is 1.17 bits per heavy atom. The Balaban J connectivity index is 2.25. The molecule has 6 heteroatoms. The van der Waals surface area contributed by atoms with Crippen molar-refractivity contribution in [1.82, 2.24) is 14.1 Å². The summed E-state index contributed by atoms with van der Waals surface area (Å²) < 4.78 is 28.5. The number of hydrogen-bond acceptors (Lipinski definition) is 3. The molecule has 0 bridgehead atoms. The van der Waals surface area contributed by atoms with Gasteiger partial charge in [-0.15, -0.1) is 0 Å². The number of aryl methyl sites for hydroxylation is 1. The van der Waals surface area contributed by atoms with Crippen LogP contribution in [0.15, 0.2) is 35.4 Å². The van der Waals surface area contributed by atoms with E-state index in [1.165, 1.54) is 4.31 Å². The summed E-state index contributed by atoms with van der Waals surface area (Å²) in [6.45, 7) is 8.55. The highest BCUT2D eigenvalue weighted by molar-refractivity contribution is 7.89. The van der Waals surface area contributed by atoms with Crippen molar-refractivity contribution in [2.75, 3.05) is 7.05 Å². The molecule has 0 unspecified atom stereocenters. The number of nitrogens with zero attached hydrogens (tertiary/aromatic N) is 3. The van der Waals surface area contributed by atoms with Crippen molar-refractivity contribution in [3.8, 4) is 0 Å². The van der Waals surface area contributed by atoms with Crippen LogP contribution in [-0.4, -0.2) is 29.6 Å². The molecule has 2 aromatic rings. The fourth-order valence-electron chi connectivity index (χ4n) is 2.33. The second-order valence-electron chi connectivity index (χ2n) is 6.91. The zero-order valence-electron chi connectivity index (χ0n) is 14.7. The summed E-state index contributed by atoms with van der Waals surface area (Å²) >= 11 is 0. The molecule has 0 N–H and O–H groups in total. The third kappa shape index (κ3) is 3.64. The van der Waals surface area contributed by atoms with Crippen LogP contribution in [0, 0.1) is 6.92 Å². The van der Waals surface area contributed by atoms with Gasteiger partial charge >= 0.3 is 0 Å². The molecule has 1 aromatic carbocycles. The van der Waals surface area contributed by atoms with Gasteiger partial charge in [-0.1, -0.05) is 32.9 Å². The minimum Gasteiger partial charge on any atom is -0.273 e. The van der Waals surface area contributed by atoms with E-state index in [0.29, 0.717) is 11.4 Å². The molecule has 0 aliphatic rings. The fourth-order valence-corrected chi connectivity index (χ4v) is 3.48. The van der Waals surface area contributed by atoms with Crippen LogP contribution in [0.3, 0.4) is 0 Å². The first-order chi connectivity index (χ1) is 10.5. The van der Waals surface area contributed by atoms with Crippen LogP contribution in [0.5, 0.6) is 0 Å². The number of benzene rings is 1. The van der Waals surface area contributed by atoms with Crippen LogP contribution in [0.25, 0.3) is 0 Å². The van der Waals surface area contributed by atoms with Crippen LogP contribution in [0.2, 0.25) is 0 Å². The smallest absolute Gasteiger partial charge is 0.243 e. The molecule has 2 rings (SSSR count). The Labute approximate surface area is 139 Å².